The summed E-state index contributed by atoms with van der Waals surface area (Å²) in [6.07, 6.45) is 5.36. The zero-order valence-electron chi connectivity index (χ0n) is 8.36. The quantitative estimate of drug-likeness (QED) is 0.547. The molecule has 0 saturated heterocycles. The summed E-state index contributed by atoms with van der Waals surface area (Å²) in [4.78, 5) is 12.9. The Bertz CT molecular complexity index is 688. The molecular weight excluding hydrogens is 186 g/mol. The fraction of sp³-hybridized carbons (Fsp3) is 0.0833. The van der Waals surface area contributed by atoms with Gasteiger partial charge in [0.15, 0.2) is 5.65 Å². The van der Waals surface area contributed by atoms with Crippen LogP contribution in [-0.4, -0.2) is 15.0 Å². The van der Waals surface area contributed by atoms with Gasteiger partial charge in [-0.05, 0) is 18.2 Å². The van der Waals surface area contributed by atoms with Crippen molar-refractivity contribution in [2.75, 3.05) is 0 Å². The molecule has 3 aromatic heterocycles. The van der Waals surface area contributed by atoms with Crippen molar-refractivity contribution in [2.24, 2.45) is 0 Å². The lowest BCUT2D eigenvalue weighted by atomic mass is 10.1. The number of rotatable bonds is 0. The Morgan fingerprint density at radius 3 is 2.80 bits per heavy atom. The molecule has 0 aliphatic carbocycles. The highest BCUT2D eigenvalue weighted by atomic mass is 14.8. The molecule has 3 aromatic rings. The summed E-state index contributed by atoms with van der Waals surface area (Å²) in [6.45, 7) is 5.96. The van der Waals surface area contributed by atoms with Gasteiger partial charge in [-0.2, -0.15) is 0 Å². The number of aromatic nitrogens is 3. The largest absolute Gasteiger partial charge is 0.260 e. The van der Waals surface area contributed by atoms with Crippen molar-refractivity contribution in [2.45, 2.75) is 6.92 Å². The second kappa shape index (κ2) is 2.73. The molecule has 3 rings (SSSR count). The van der Waals surface area contributed by atoms with Crippen LogP contribution in [0.1, 0.15) is 5.69 Å². The molecule has 3 heterocycles. The van der Waals surface area contributed by atoms with Gasteiger partial charge < -0.3 is 0 Å². The van der Waals surface area contributed by atoms with E-state index in [-0.39, 0.29) is 0 Å². The van der Waals surface area contributed by atoms with Crippen LogP contribution < -0.4 is 5.22 Å². The monoisotopic (exact) mass is 195 g/mol. The first-order valence-electron chi connectivity index (χ1n) is 4.75. The summed E-state index contributed by atoms with van der Waals surface area (Å²) < 4.78 is 0. The minimum atomic E-state index is 0.764. The predicted octanol–water partition coefficient (Wildman–Crippen LogP) is 1.62. The summed E-state index contributed by atoms with van der Waals surface area (Å²) in [5.41, 5.74) is 1.74. The van der Waals surface area contributed by atoms with Gasteiger partial charge in [0.1, 0.15) is 0 Å². The van der Waals surface area contributed by atoms with Crippen molar-refractivity contribution >= 4 is 28.4 Å². The van der Waals surface area contributed by atoms with Crippen molar-refractivity contribution < 1.29 is 0 Å². The Morgan fingerprint density at radius 1 is 1.07 bits per heavy atom. The lowest BCUT2D eigenvalue weighted by Gasteiger charge is -2.05. The molecular formula is C12H9N3. The maximum absolute atomic E-state index is 4.35. The molecule has 0 radical (unpaired) electrons. The number of hydrogen-bond donors (Lipinski definition) is 0. The summed E-state index contributed by atoms with van der Waals surface area (Å²) in [7, 11) is 0. The molecule has 15 heavy (non-hydrogen) atoms. The summed E-state index contributed by atoms with van der Waals surface area (Å²) in [5.74, 6) is 0. The van der Waals surface area contributed by atoms with Gasteiger partial charge in [-0.25, -0.2) is 9.97 Å². The van der Waals surface area contributed by atoms with Gasteiger partial charge in [-0.1, -0.05) is 6.58 Å². The molecule has 0 saturated carbocycles. The lowest BCUT2D eigenvalue weighted by molar-refractivity contribution is 1.22. The lowest BCUT2D eigenvalue weighted by Crippen LogP contribution is -2.05. The Labute approximate surface area is 86.5 Å². The molecule has 3 nitrogen and oxygen atoms in total. The van der Waals surface area contributed by atoms with Crippen LogP contribution in [-0.2, 0) is 0 Å². The number of nitrogens with zero attached hydrogens (tertiary/aromatic N) is 3. The molecule has 0 fully saturated rings. The first-order chi connectivity index (χ1) is 7.27. The fourth-order valence-corrected chi connectivity index (χ4v) is 1.94. The zero-order chi connectivity index (χ0) is 10.4. The average molecular weight is 195 g/mol. The van der Waals surface area contributed by atoms with Gasteiger partial charge >= 0.3 is 0 Å². The molecule has 0 aromatic carbocycles. The standard InChI is InChI=1S/C12H9N3/c1-7-5-15-12-11-9(3-4-13-12)6-14-8(2)10(7)11/h3-6H,1H2,2H3. The van der Waals surface area contributed by atoms with E-state index in [0.717, 1.165) is 32.7 Å². The molecule has 0 N–H and O–H groups in total. The van der Waals surface area contributed by atoms with Crippen LogP contribution in [0.2, 0.25) is 0 Å². The third-order valence-electron chi connectivity index (χ3n) is 2.64. The Balaban J connectivity index is 2.79. The second-order valence-corrected chi connectivity index (χ2v) is 3.60. The molecule has 0 aliphatic rings. The molecule has 0 bridgehead atoms. The number of aryl methyl sites for hydroxylation is 1. The van der Waals surface area contributed by atoms with Crippen LogP contribution in [0.15, 0.2) is 24.7 Å². The van der Waals surface area contributed by atoms with Crippen molar-refractivity contribution in [3.63, 3.8) is 0 Å². The Morgan fingerprint density at radius 2 is 1.93 bits per heavy atom. The van der Waals surface area contributed by atoms with E-state index in [1.165, 1.54) is 0 Å². The van der Waals surface area contributed by atoms with Crippen LogP contribution in [0.5, 0.6) is 0 Å². The number of hydrogen-bond acceptors (Lipinski definition) is 3. The minimum Gasteiger partial charge on any atom is -0.260 e. The molecule has 3 heteroatoms. The van der Waals surface area contributed by atoms with Crippen molar-refractivity contribution in [3.05, 3.63) is 35.6 Å². The van der Waals surface area contributed by atoms with Gasteiger partial charge in [0.2, 0.25) is 0 Å². The molecule has 0 aliphatic heterocycles. The predicted molar refractivity (Wildman–Crippen MR) is 60.3 cm³/mol. The average Bonchev–Trinajstić information content (AvgIpc) is 2.25. The van der Waals surface area contributed by atoms with Crippen molar-refractivity contribution in [1.29, 1.82) is 0 Å². The molecule has 0 unspecified atom stereocenters. The summed E-state index contributed by atoms with van der Waals surface area (Å²) in [6, 6.07) is 1.95. The summed E-state index contributed by atoms with van der Waals surface area (Å²) >= 11 is 0. The maximum Gasteiger partial charge on any atom is 0.160 e. The van der Waals surface area contributed by atoms with Gasteiger partial charge in [0.05, 0.1) is 0 Å². The Hall–Kier alpha value is -2.03. The first kappa shape index (κ1) is 8.29. The normalized spacial score (nSPS) is 11.3. The SMILES string of the molecule is C=c1cnc2nccc3cnc(C)c1c32. The van der Waals surface area contributed by atoms with Gasteiger partial charge in [-0.3, -0.25) is 4.98 Å². The third-order valence-corrected chi connectivity index (χ3v) is 2.64. The van der Waals surface area contributed by atoms with Crippen LogP contribution in [0, 0.1) is 6.92 Å². The highest BCUT2D eigenvalue weighted by molar-refractivity contribution is 6.07. The molecule has 72 valence electrons. The smallest absolute Gasteiger partial charge is 0.160 e. The molecule has 0 amide bonds. The highest BCUT2D eigenvalue weighted by Crippen LogP contribution is 2.21. The van der Waals surface area contributed by atoms with E-state index in [1.807, 2.05) is 19.2 Å². The van der Waals surface area contributed by atoms with Crippen LogP contribution in [0.3, 0.4) is 0 Å². The van der Waals surface area contributed by atoms with Crippen molar-refractivity contribution in [1.82, 2.24) is 15.0 Å². The van der Waals surface area contributed by atoms with Gasteiger partial charge in [-0.15, -0.1) is 0 Å². The van der Waals surface area contributed by atoms with Crippen LogP contribution in [0.4, 0.5) is 0 Å². The highest BCUT2D eigenvalue weighted by Gasteiger charge is 2.07. The van der Waals surface area contributed by atoms with Crippen LogP contribution in [0.25, 0.3) is 28.4 Å². The topological polar surface area (TPSA) is 38.7 Å². The molecule has 0 spiro atoms. The first-order valence-corrected chi connectivity index (χ1v) is 4.75. The zero-order valence-corrected chi connectivity index (χ0v) is 8.36. The van der Waals surface area contributed by atoms with E-state index >= 15 is 0 Å². The summed E-state index contributed by atoms with van der Waals surface area (Å²) in [5, 5.41) is 4.12. The molecule has 0 atom stereocenters. The van der Waals surface area contributed by atoms with E-state index in [4.69, 9.17) is 0 Å². The fourth-order valence-electron chi connectivity index (χ4n) is 1.94. The third kappa shape index (κ3) is 1.03. The van der Waals surface area contributed by atoms with Gasteiger partial charge in [0.25, 0.3) is 0 Å². The number of pyridine rings is 3. The second-order valence-electron chi connectivity index (χ2n) is 3.60. The van der Waals surface area contributed by atoms with E-state index in [0.29, 0.717) is 0 Å². The van der Waals surface area contributed by atoms with E-state index in [1.54, 1.807) is 12.4 Å². The van der Waals surface area contributed by atoms with Crippen LogP contribution >= 0.6 is 0 Å². The van der Waals surface area contributed by atoms with Gasteiger partial charge in [0, 0.05) is 40.4 Å². The van der Waals surface area contributed by atoms with Crippen molar-refractivity contribution in [3.8, 4) is 0 Å². The Kier molecular flexibility index (Phi) is 1.51. The van der Waals surface area contributed by atoms with E-state index in [9.17, 15) is 0 Å². The minimum absolute atomic E-state index is 0.764. The van der Waals surface area contributed by atoms with E-state index < -0.39 is 0 Å². The van der Waals surface area contributed by atoms with E-state index in [2.05, 4.69) is 21.5 Å². The maximum atomic E-state index is 4.35.